The van der Waals surface area contributed by atoms with E-state index < -0.39 is 0 Å². The maximum Gasteiger partial charge on any atom is 0.0249 e. The van der Waals surface area contributed by atoms with Crippen LogP contribution in [-0.4, -0.2) is 30.1 Å². The van der Waals surface area contributed by atoms with Crippen molar-refractivity contribution < 1.29 is 0 Å². The number of piperidine rings is 1. The van der Waals surface area contributed by atoms with Crippen LogP contribution >= 0.6 is 0 Å². The summed E-state index contributed by atoms with van der Waals surface area (Å²) in [6.45, 7) is 7.27. The molecule has 100 valence electrons. The van der Waals surface area contributed by atoms with Gasteiger partial charge in [0.05, 0.1) is 0 Å². The second-order valence-electron chi connectivity index (χ2n) is 6.21. The van der Waals surface area contributed by atoms with E-state index >= 15 is 0 Å². The molecule has 1 aliphatic carbocycles. The van der Waals surface area contributed by atoms with Gasteiger partial charge in [-0.25, -0.2) is 0 Å². The first-order chi connectivity index (χ1) is 8.24. The third-order valence-electron chi connectivity index (χ3n) is 5.25. The average Bonchev–Trinajstić information content (AvgIpc) is 2.39. The smallest absolute Gasteiger partial charge is 0.0249 e. The van der Waals surface area contributed by atoms with E-state index in [1.165, 1.54) is 58.0 Å². The van der Waals surface area contributed by atoms with Gasteiger partial charge < -0.3 is 5.73 Å². The summed E-state index contributed by atoms with van der Waals surface area (Å²) in [6.07, 6.45) is 9.47. The van der Waals surface area contributed by atoms with Crippen LogP contribution in [-0.2, 0) is 0 Å². The standard InChI is InChI=1S/C15H30N2/c1-3-12-7-9-17(10-8-12)15-11-13(4-2)5-6-14(15)16/h12-15H,3-11,16H2,1-2H3. The van der Waals surface area contributed by atoms with Gasteiger partial charge in [-0.15, -0.1) is 0 Å². The molecule has 0 radical (unpaired) electrons. The predicted molar refractivity (Wildman–Crippen MR) is 74.0 cm³/mol. The zero-order chi connectivity index (χ0) is 12.3. The molecule has 1 aliphatic heterocycles. The highest BCUT2D eigenvalue weighted by molar-refractivity contribution is 4.90. The zero-order valence-corrected chi connectivity index (χ0v) is 11.7. The minimum absolute atomic E-state index is 0.441. The third kappa shape index (κ3) is 3.23. The lowest BCUT2D eigenvalue weighted by Crippen LogP contribution is -2.53. The molecule has 0 bridgehead atoms. The van der Waals surface area contributed by atoms with E-state index in [0.29, 0.717) is 12.1 Å². The summed E-state index contributed by atoms with van der Waals surface area (Å²) < 4.78 is 0. The van der Waals surface area contributed by atoms with Gasteiger partial charge >= 0.3 is 0 Å². The highest BCUT2D eigenvalue weighted by Crippen LogP contribution is 2.31. The summed E-state index contributed by atoms with van der Waals surface area (Å²) in [5.41, 5.74) is 6.35. The lowest BCUT2D eigenvalue weighted by molar-refractivity contribution is 0.0745. The fraction of sp³-hybridized carbons (Fsp3) is 1.00. The van der Waals surface area contributed by atoms with E-state index in [9.17, 15) is 0 Å². The molecular weight excluding hydrogens is 208 g/mol. The van der Waals surface area contributed by atoms with Crippen molar-refractivity contribution in [3.63, 3.8) is 0 Å². The van der Waals surface area contributed by atoms with E-state index in [-0.39, 0.29) is 0 Å². The minimum Gasteiger partial charge on any atom is -0.326 e. The van der Waals surface area contributed by atoms with E-state index in [1.54, 1.807) is 0 Å². The van der Waals surface area contributed by atoms with Crippen molar-refractivity contribution in [2.24, 2.45) is 17.6 Å². The second-order valence-corrected chi connectivity index (χ2v) is 6.21. The topological polar surface area (TPSA) is 29.3 Å². The van der Waals surface area contributed by atoms with Gasteiger partial charge in [0.25, 0.3) is 0 Å². The monoisotopic (exact) mass is 238 g/mol. The van der Waals surface area contributed by atoms with Crippen LogP contribution in [0.4, 0.5) is 0 Å². The number of rotatable bonds is 3. The highest BCUT2D eigenvalue weighted by Gasteiger charge is 2.33. The van der Waals surface area contributed by atoms with Gasteiger partial charge in [-0.05, 0) is 57.0 Å². The maximum atomic E-state index is 6.35. The molecule has 0 spiro atoms. The fourth-order valence-electron chi connectivity index (χ4n) is 3.74. The average molecular weight is 238 g/mol. The van der Waals surface area contributed by atoms with Crippen LogP contribution in [0, 0.1) is 11.8 Å². The van der Waals surface area contributed by atoms with Gasteiger partial charge in [0.2, 0.25) is 0 Å². The summed E-state index contributed by atoms with van der Waals surface area (Å²) in [5, 5.41) is 0. The number of nitrogens with zero attached hydrogens (tertiary/aromatic N) is 1. The Morgan fingerprint density at radius 2 is 1.59 bits per heavy atom. The Morgan fingerprint density at radius 3 is 2.18 bits per heavy atom. The second kappa shape index (κ2) is 6.19. The quantitative estimate of drug-likeness (QED) is 0.819. The lowest BCUT2D eigenvalue weighted by Gasteiger charge is -2.44. The largest absolute Gasteiger partial charge is 0.326 e. The van der Waals surface area contributed by atoms with Crippen LogP contribution in [0.15, 0.2) is 0 Å². The highest BCUT2D eigenvalue weighted by atomic mass is 15.2. The molecule has 0 aromatic heterocycles. The van der Waals surface area contributed by atoms with Crippen LogP contribution in [0.1, 0.15) is 58.8 Å². The third-order valence-corrected chi connectivity index (χ3v) is 5.25. The van der Waals surface area contributed by atoms with Gasteiger partial charge in [-0.2, -0.15) is 0 Å². The number of hydrogen-bond acceptors (Lipinski definition) is 2. The van der Waals surface area contributed by atoms with Crippen LogP contribution in [0.2, 0.25) is 0 Å². The van der Waals surface area contributed by atoms with Crippen molar-refractivity contribution in [2.75, 3.05) is 13.1 Å². The molecule has 2 heteroatoms. The molecule has 1 saturated heterocycles. The number of hydrogen-bond donors (Lipinski definition) is 1. The van der Waals surface area contributed by atoms with Gasteiger partial charge in [0, 0.05) is 12.1 Å². The molecule has 2 rings (SSSR count). The Hall–Kier alpha value is -0.0800. The summed E-state index contributed by atoms with van der Waals surface area (Å²) in [6, 6.07) is 1.13. The molecule has 0 aromatic rings. The summed E-state index contributed by atoms with van der Waals surface area (Å²) in [5.74, 6) is 1.91. The minimum atomic E-state index is 0.441. The normalized spacial score (nSPS) is 37.2. The fourth-order valence-corrected chi connectivity index (χ4v) is 3.74. The first kappa shape index (κ1) is 13.4. The van der Waals surface area contributed by atoms with E-state index in [2.05, 4.69) is 18.7 Å². The van der Waals surface area contributed by atoms with Gasteiger partial charge in [-0.3, -0.25) is 4.90 Å². The molecule has 17 heavy (non-hydrogen) atoms. The molecular formula is C15H30N2. The summed E-state index contributed by atoms with van der Waals surface area (Å²) in [7, 11) is 0. The molecule has 3 unspecified atom stereocenters. The van der Waals surface area contributed by atoms with Gasteiger partial charge in [-0.1, -0.05) is 26.7 Å². The first-order valence-corrected chi connectivity index (χ1v) is 7.74. The molecule has 2 fully saturated rings. The van der Waals surface area contributed by atoms with Gasteiger partial charge in [0.15, 0.2) is 0 Å². The van der Waals surface area contributed by atoms with Crippen molar-refractivity contribution in [1.82, 2.24) is 4.90 Å². The Kier molecular flexibility index (Phi) is 4.87. The molecule has 0 amide bonds. The molecule has 2 nitrogen and oxygen atoms in total. The van der Waals surface area contributed by atoms with Crippen LogP contribution in [0.25, 0.3) is 0 Å². The van der Waals surface area contributed by atoms with Crippen molar-refractivity contribution in [1.29, 1.82) is 0 Å². The summed E-state index contributed by atoms with van der Waals surface area (Å²) >= 11 is 0. The molecule has 1 saturated carbocycles. The molecule has 0 aromatic carbocycles. The van der Waals surface area contributed by atoms with Crippen LogP contribution in [0.3, 0.4) is 0 Å². The number of likely N-dealkylation sites (tertiary alicyclic amines) is 1. The molecule has 2 N–H and O–H groups in total. The predicted octanol–water partition coefficient (Wildman–Crippen LogP) is 3.01. The van der Waals surface area contributed by atoms with Crippen LogP contribution in [0.5, 0.6) is 0 Å². The lowest BCUT2D eigenvalue weighted by atomic mass is 9.79. The van der Waals surface area contributed by atoms with E-state index in [0.717, 1.165) is 11.8 Å². The van der Waals surface area contributed by atoms with Crippen molar-refractivity contribution in [3.05, 3.63) is 0 Å². The SMILES string of the molecule is CCC1CCN(C2CC(CC)CCC2N)CC1. The Labute approximate surface area is 107 Å². The van der Waals surface area contributed by atoms with Crippen molar-refractivity contribution in [2.45, 2.75) is 70.9 Å². The first-order valence-electron chi connectivity index (χ1n) is 7.74. The van der Waals surface area contributed by atoms with Gasteiger partial charge in [0.1, 0.15) is 0 Å². The Morgan fingerprint density at radius 1 is 0.941 bits per heavy atom. The Bertz CT molecular complexity index is 221. The maximum absolute atomic E-state index is 6.35. The summed E-state index contributed by atoms with van der Waals surface area (Å²) in [4.78, 5) is 2.71. The molecule has 2 aliphatic rings. The molecule has 1 heterocycles. The van der Waals surface area contributed by atoms with E-state index in [4.69, 9.17) is 5.73 Å². The zero-order valence-electron chi connectivity index (χ0n) is 11.7. The molecule has 3 atom stereocenters. The van der Waals surface area contributed by atoms with Crippen molar-refractivity contribution in [3.8, 4) is 0 Å². The van der Waals surface area contributed by atoms with E-state index in [1.807, 2.05) is 0 Å². The number of nitrogens with two attached hydrogens (primary N) is 1. The van der Waals surface area contributed by atoms with Crippen LogP contribution < -0.4 is 5.73 Å². The Balaban J connectivity index is 1.87. The van der Waals surface area contributed by atoms with Crippen molar-refractivity contribution >= 4 is 0 Å².